The first kappa shape index (κ1) is 16.4. The van der Waals surface area contributed by atoms with Crippen LogP contribution in [0.1, 0.15) is 18.9 Å². The van der Waals surface area contributed by atoms with Gasteiger partial charge in [-0.1, -0.05) is 23.3 Å². The minimum atomic E-state index is -3.71. The van der Waals surface area contributed by atoms with E-state index in [0.717, 1.165) is 11.6 Å². The van der Waals surface area contributed by atoms with Gasteiger partial charge in [-0.3, -0.25) is 0 Å². The zero-order valence-electron chi connectivity index (χ0n) is 12.0. The number of sulfonamides is 1. The van der Waals surface area contributed by atoms with Crippen molar-refractivity contribution in [2.45, 2.75) is 24.8 Å². The topological polar surface area (TPSA) is 49.4 Å². The number of halogens is 2. The molecule has 1 heterocycles. The predicted molar refractivity (Wildman–Crippen MR) is 81.3 cm³/mol. The van der Waals surface area contributed by atoms with Crippen molar-refractivity contribution in [2.75, 3.05) is 20.1 Å². The van der Waals surface area contributed by atoms with E-state index in [-0.39, 0.29) is 9.92 Å². The molecule has 0 aromatic heterocycles. The molecule has 1 aliphatic rings. The zero-order valence-corrected chi connectivity index (χ0v) is 13.6. The Bertz CT molecular complexity index is 674. The van der Waals surface area contributed by atoms with E-state index in [2.05, 4.69) is 5.32 Å². The van der Waals surface area contributed by atoms with Gasteiger partial charge in [0.05, 0.1) is 9.92 Å². The largest absolute Gasteiger partial charge is 0.316 e. The molecule has 1 N–H and O–H groups in total. The first-order valence-corrected chi connectivity index (χ1v) is 8.46. The van der Waals surface area contributed by atoms with Crippen LogP contribution < -0.4 is 5.32 Å². The molecule has 2 rings (SSSR count). The lowest BCUT2D eigenvalue weighted by atomic mass is 10.2. The lowest BCUT2D eigenvalue weighted by Gasteiger charge is -2.25. The monoisotopic (exact) mass is 332 g/mol. The molecule has 21 heavy (non-hydrogen) atoms. The van der Waals surface area contributed by atoms with Gasteiger partial charge in [0.15, 0.2) is 0 Å². The van der Waals surface area contributed by atoms with Crippen LogP contribution in [0.15, 0.2) is 28.7 Å². The summed E-state index contributed by atoms with van der Waals surface area (Å²) in [6.45, 7) is 2.94. The zero-order chi connectivity index (χ0) is 15.6. The fraction of sp³-hybridized carbons (Fsp3) is 0.429. The van der Waals surface area contributed by atoms with Crippen molar-refractivity contribution in [2.24, 2.45) is 0 Å². The predicted octanol–water partition coefficient (Wildman–Crippen LogP) is 2.54. The molecule has 1 aromatic rings. The third-order valence-corrected chi connectivity index (χ3v) is 5.63. The van der Waals surface area contributed by atoms with Gasteiger partial charge in [-0.25, -0.2) is 12.8 Å². The van der Waals surface area contributed by atoms with E-state index in [9.17, 15) is 12.8 Å². The molecule has 0 spiro atoms. The SMILES string of the molecule is CNCc1cc(S(=O)(=O)N2CCC=C(C)C2)cc(F)c1Cl. The van der Waals surface area contributed by atoms with Gasteiger partial charge in [-0.2, -0.15) is 4.31 Å². The molecule has 0 bridgehead atoms. The number of hydrogen-bond donors (Lipinski definition) is 1. The normalized spacial score (nSPS) is 16.9. The molecule has 4 nitrogen and oxygen atoms in total. The Morgan fingerprint density at radius 2 is 2.14 bits per heavy atom. The molecule has 0 aliphatic carbocycles. The highest BCUT2D eigenvalue weighted by Gasteiger charge is 2.27. The van der Waals surface area contributed by atoms with Crippen LogP contribution >= 0.6 is 11.6 Å². The van der Waals surface area contributed by atoms with Gasteiger partial charge in [-0.15, -0.1) is 0 Å². The van der Waals surface area contributed by atoms with Gasteiger partial charge >= 0.3 is 0 Å². The van der Waals surface area contributed by atoms with Gasteiger partial charge < -0.3 is 5.32 Å². The van der Waals surface area contributed by atoms with E-state index in [0.29, 0.717) is 31.6 Å². The van der Waals surface area contributed by atoms with Crippen molar-refractivity contribution in [3.63, 3.8) is 0 Å². The Balaban J connectivity index is 2.43. The number of benzene rings is 1. The molecule has 0 saturated carbocycles. The first-order chi connectivity index (χ1) is 9.86. The quantitative estimate of drug-likeness (QED) is 0.862. The van der Waals surface area contributed by atoms with Crippen molar-refractivity contribution >= 4 is 21.6 Å². The van der Waals surface area contributed by atoms with Crippen molar-refractivity contribution in [3.05, 3.63) is 40.2 Å². The highest BCUT2D eigenvalue weighted by molar-refractivity contribution is 7.89. The summed E-state index contributed by atoms with van der Waals surface area (Å²) in [6, 6.07) is 2.43. The second kappa shape index (κ2) is 6.44. The fourth-order valence-electron chi connectivity index (χ4n) is 2.32. The molecular weight excluding hydrogens is 315 g/mol. The van der Waals surface area contributed by atoms with Crippen LogP contribution in [-0.2, 0) is 16.6 Å². The van der Waals surface area contributed by atoms with Crippen molar-refractivity contribution in [1.82, 2.24) is 9.62 Å². The molecule has 0 fully saturated rings. The minimum absolute atomic E-state index is 0.0435. The summed E-state index contributed by atoms with van der Waals surface area (Å²) in [7, 11) is -2.02. The molecule has 0 amide bonds. The van der Waals surface area contributed by atoms with Gasteiger partial charge in [0, 0.05) is 19.6 Å². The number of nitrogens with one attached hydrogen (secondary N) is 1. The summed E-state index contributed by atoms with van der Waals surface area (Å²) in [6.07, 6.45) is 2.69. The molecule has 1 aliphatic heterocycles. The van der Waals surface area contributed by atoms with E-state index < -0.39 is 15.8 Å². The van der Waals surface area contributed by atoms with Gasteiger partial charge in [0.25, 0.3) is 0 Å². The summed E-state index contributed by atoms with van der Waals surface area (Å²) in [5.41, 5.74) is 1.43. The fourth-order valence-corrected chi connectivity index (χ4v) is 4.05. The highest BCUT2D eigenvalue weighted by atomic mass is 35.5. The van der Waals surface area contributed by atoms with Crippen LogP contribution in [0.3, 0.4) is 0 Å². The summed E-state index contributed by atoms with van der Waals surface area (Å²) in [5, 5.41) is 2.81. The minimum Gasteiger partial charge on any atom is -0.316 e. The summed E-state index contributed by atoms with van der Waals surface area (Å²) >= 11 is 5.87. The number of nitrogens with zero attached hydrogens (tertiary/aromatic N) is 1. The van der Waals surface area contributed by atoms with Gasteiger partial charge in [-0.05, 0) is 38.1 Å². The van der Waals surface area contributed by atoms with Crippen LogP contribution in [-0.4, -0.2) is 32.9 Å². The molecule has 0 saturated heterocycles. The molecule has 1 aromatic carbocycles. The average molecular weight is 333 g/mol. The summed E-state index contributed by atoms with van der Waals surface area (Å²) in [5.74, 6) is -0.715. The lowest BCUT2D eigenvalue weighted by molar-refractivity contribution is 0.427. The molecule has 0 radical (unpaired) electrons. The number of rotatable bonds is 4. The van der Waals surface area contributed by atoms with Crippen LogP contribution in [0.5, 0.6) is 0 Å². The van der Waals surface area contributed by atoms with Crippen LogP contribution in [0.25, 0.3) is 0 Å². The van der Waals surface area contributed by atoms with E-state index in [1.165, 1.54) is 10.4 Å². The average Bonchev–Trinajstić information content (AvgIpc) is 2.43. The maximum Gasteiger partial charge on any atom is 0.243 e. The van der Waals surface area contributed by atoms with Crippen LogP contribution in [0, 0.1) is 5.82 Å². The molecule has 7 heteroatoms. The summed E-state index contributed by atoms with van der Waals surface area (Å²) in [4.78, 5) is -0.0515. The highest BCUT2D eigenvalue weighted by Crippen LogP contribution is 2.27. The third kappa shape index (κ3) is 3.45. The lowest BCUT2D eigenvalue weighted by Crippen LogP contribution is -2.35. The standard InChI is InChI=1S/C14H18ClFN2O2S/c1-10-4-3-5-18(9-10)21(19,20)12-6-11(8-17-2)14(15)13(16)7-12/h4,6-7,17H,3,5,8-9H2,1-2H3. The van der Waals surface area contributed by atoms with E-state index in [1.54, 1.807) is 7.05 Å². The second-order valence-corrected chi connectivity index (χ2v) is 7.40. The maximum absolute atomic E-state index is 13.9. The van der Waals surface area contributed by atoms with Gasteiger partial charge in [0.1, 0.15) is 5.82 Å². The van der Waals surface area contributed by atoms with E-state index in [4.69, 9.17) is 11.6 Å². The molecule has 0 unspecified atom stereocenters. The summed E-state index contributed by atoms with van der Waals surface area (Å²) < 4.78 is 40.5. The van der Waals surface area contributed by atoms with Gasteiger partial charge in [0.2, 0.25) is 10.0 Å². The Labute approximate surface area is 129 Å². The van der Waals surface area contributed by atoms with Crippen molar-refractivity contribution in [3.8, 4) is 0 Å². The maximum atomic E-state index is 13.9. The Morgan fingerprint density at radius 1 is 1.43 bits per heavy atom. The van der Waals surface area contributed by atoms with E-state index in [1.807, 2.05) is 13.0 Å². The van der Waals surface area contributed by atoms with Crippen LogP contribution in [0.2, 0.25) is 5.02 Å². The first-order valence-electron chi connectivity index (χ1n) is 6.64. The van der Waals surface area contributed by atoms with E-state index >= 15 is 0 Å². The number of hydrogen-bond acceptors (Lipinski definition) is 3. The molecule has 116 valence electrons. The van der Waals surface area contributed by atoms with Crippen molar-refractivity contribution < 1.29 is 12.8 Å². The third-order valence-electron chi connectivity index (χ3n) is 3.38. The Kier molecular flexibility index (Phi) is 5.03. The van der Waals surface area contributed by atoms with Crippen molar-refractivity contribution in [1.29, 1.82) is 0 Å². The Hall–Kier alpha value is -0.950. The smallest absolute Gasteiger partial charge is 0.243 e. The Morgan fingerprint density at radius 3 is 2.76 bits per heavy atom. The van der Waals surface area contributed by atoms with Crippen LogP contribution in [0.4, 0.5) is 4.39 Å². The second-order valence-electron chi connectivity index (χ2n) is 5.09. The molecular formula is C14H18ClFN2O2S. The molecule has 0 atom stereocenters.